The monoisotopic (exact) mass is 372 g/mol. The predicted octanol–water partition coefficient (Wildman–Crippen LogP) is 3.66. The molecule has 1 heterocycles. The van der Waals surface area contributed by atoms with Crippen LogP contribution in [0, 0.1) is 0 Å². The Balaban J connectivity index is 1.85. The summed E-state index contributed by atoms with van der Waals surface area (Å²) in [6, 6.07) is 5.37. The number of halogens is 2. The quantitative estimate of drug-likeness (QED) is 0.857. The van der Waals surface area contributed by atoms with E-state index in [4.69, 9.17) is 27.9 Å². The highest BCUT2D eigenvalue weighted by atomic mass is 35.5. The van der Waals surface area contributed by atoms with E-state index in [9.17, 15) is 9.59 Å². The number of carbonyl (C=O) groups excluding carboxylic acids is 2. The molecule has 1 aliphatic rings. The minimum atomic E-state index is -0.428. The second kappa shape index (κ2) is 9.14. The number of alkyl carbamates (subject to hydrolysis) is 1. The topological polar surface area (TPSA) is 58.6 Å². The molecule has 1 atom stereocenters. The zero-order chi connectivity index (χ0) is 17.5. The molecule has 0 radical (unpaired) electrons. The normalized spacial score (nSPS) is 17.5. The molecule has 1 fully saturated rings. The zero-order valence-corrected chi connectivity index (χ0v) is 15.2. The van der Waals surface area contributed by atoms with E-state index < -0.39 is 6.09 Å². The highest BCUT2D eigenvalue weighted by Crippen LogP contribution is 2.26. The third-order valence-electron chi connectivity index (χ3n) is 4.01. The Morgan fingerprint density at radius 2 is 2.17 bits per heavy atom. The minimum Gasteiger partial charge on any atom is -0.450 e. The van der Waals surface area contributed by atoms with Crippen molar-refractivity contribution in [3.05, 3.63) is 33.8 Å². The summed E-state index contributed by atoms with van der Waals surface area (Å²) in [6.07, 6.45) is 2.20. The van der Waals surface area contributed by atoms with Gasteiger partial charge in [-0.25, -0.2) is 4.79 Å². The Morgan fingerprint density at radius 1 is 1.38 bits per heavy atom. The number of aryl methyl sites for hydroxylation is 1. The van der Waals surface area contributed by atoms with Crippen LogP contribution in [-0.2, 0) is 16.0 Å². The maximum atomic E-state index is 12.4. The fraction of sp³-hybridized carbons (Fsp3) is 0.529. The highest BCUT2D eigenvalue weighted by molar-refractivity contribution is 6.42. The van der Waals surface area contributed by atoms with Crippen molar-refractivity contribution in [2.45, 2.75) is 38.6 Å². The summed E-state index contributed by atoms with van der Waals surface area (Å²) >= 11 is 12.1. The molecule has 1 aromatic rings. The van der Waals surface area contributed by atoms with Crippen LogP contribution in [-0.4, -0.2) is 42.6 Å². The molecule has 7 heteroatoms. The fourth-order valence-electron chi connectivity index (χ4n) is 2.80. The Morgan fingerprint density at radius 3 is 2.92 bits per heavy atom. The molecule has 5 nitrogen and oxygen atoms in total. The second-order valence-electron chi connectivity index (χ2n) is 5.76. The van der Waals surface area contributed by atoms with E-state index in [1.54, 1.807) is 17.9 Å². The predicted molar refractivity (Wildman–Crippen MR) is 94.5 cm³/mol. The first-order chi connectivity index (χ1) is 11.5. The van der Waals surface area contributed by atoms with Gasteiger partial charge in [-0.05, 0) is 37.8 Å². The van der Waals surface area contributed by atoms with Crippen LogP contribution in [0.4, 0.5) is 4.79 Å². The lowest BCUT2D eigenvalue weighted by molar-refractivity contribution is -0.132. The van der Waals surface area contributed by atoms with Crippen molar-refractivity contribution in [2.24, 2.45) is 0 Å². The maximum absolute atomic E-state index is 12.4. The van der Waals surface area contributed by atoms with Gasteiger partial charge in [0.15, 0.2) is 0 Å². The van der Waals surface area contributed by atoms with E-state index in [1.807, 2.05) is 12.1 Å². The molecule has 2 amide bonds. The third-order valence-corrected chi connectivity index (χ3v) is 4.87. The Kier molecular flexibility index (Phi) is 7.18. The van der Waals surface area contributed by atoms with Gasteiger partial charge in [-0.15, -0.1) is 0 Å². The number of carbonyl (C=O) groups is 2. The number of ether oxygens (including phenoxy) is 1. The van der Waals surface area contributed by atoms with Crippen LogP contribution in [0.25, 0.3) is 0 Å². The second-order valence-corrected chi connectivity index (χ2v) is 6.54. The molecule has 0 bridgehead atoms. The summed E-state index contributed by atoms with van der Waals surface area (Å²) in [5, 5.41) is 3.81. The third kappa shape index (κ3) is 5.28. The number of amides is 2. The molecule has 0 saturated carbocycles. The van der Waals surface area contributed by atoms with Crippen molar-refractivity contribution in [3.8, 4) is 0 Å². The first kappa shape index (κ1) is 18.9. The van der Waals surface area contributed by atoms with Gasteiger partial charge in [0.1, 0.15) is 0 Å². The lowest BCUT2D eigenvalue weighted by atomic mass is 10.0. The lowest BCUT2D eigenvalue weighted by Crippen LogP contribution is -2.49. The van der Waals surface area contributed by atoms with Gasteiger partial charge in [0.25, 0.3) is 0 Å². The molecule has 24 heavy (non-hydrogen) atoms. The van der Waals surface area contributed by atoms with E-state index >= 15 is 0 Å². The van der Waals surface area contributed by atoms with Gasteiger partial charge >= 0.3 is 6.09 Å². The number of hydrogen-bond donors (Lipinski definition) is 1. The maximum Gasteiger partial charge on any atom is 0.407 e. The zero-order valence-electron chi connectivity index (χ0n) is 13.7. The molecule has 1 N–H and O–H groups in total. The lowest BCUT2D eigenvalue weighted by Gasteiger charge is -2.33. The van der Waals surface area contributed by atoms with Gasteiger partial charge < -0.3 is 15.0 Å². The molecular weight excluding hydrogens is 351 g/mol. The first-order valence-electron chi connectivity index (χ1n) is 8.15. The standard InChI is InChI=1S/C17H22Cl2N2O3/c1-2-24-17(23)20-13-6-4-10-21(11-13)15(22)9-8-12-5-3-7-14(18)16(12)19/h3,5,7,13H,2,4,6,8-11H2,1H3,(H,20,23). The van der Waals surface area contributed by atoms with Crippen molar-refractivity contribution in [2.75, 3.05) is 19.7 Å². The van der Waals surface area contributed by atoms with Gasteiger partial charge in [-0.1, -0.05) is 35.3 Å². The molecule has 132 valence electrons. The number of rotatable bonds is 5. The summed E-state index contributed by atoms with van der Waals surface area (Å²) in [4.78, 5) is 25.7. The minimum absolute atomic E-state index is 0.0569. The first-order valence-corrected chi connectivity index (χ1v) is 8.90. The average molecular weight is 373 g/mol. The molecular formula is C17H22Cl2N2O3. The molecule has 1 aromatic carbocycles. The van der Waals surface area contributed by atoms with Crippen LogP contribution in [0.5, 0.6) is 0 Å². The van der Waals surface area contributed by atoms with Crippen molar-refractivity contribution >= 4 is 35.2 Å². The molecule has 1 saturated heterocycles. The fourth-order valence-corrected chi connectivity index (χ4v) is 3.22. The number of piperidine rings is 1. The van der Waals surface area contributed by atoms with Crippen molar-refractivity contribution in [1.82, 2.24) is 10.2 Å². The van der Waals surface area contributed by atoms with Gasteiger partial charge in [0, 0.05) is 25.6 Å². The number of nitrogens with one attached hydrogen (secondary N) is 1. The van der Waals surface area contributed by atoms with Crippen molar-refractivity contribution < 1.29 is 14.3 Å². The molecule has 0 spiro atoms. The summed E-state index contributed by atoms with van der Waals surface area (Å²) in [5.41, 5.74) is 0.871. The molecule has 2 rings (SSSR count). The summed E-state index contributed by atoms with van der Waals surface area (Å²) in [5.74, 6) is 0.0569. The molecule has 0 aromatic heterocycles. The molecule has 1 aliphatic heterocycles. The van der Waals surface area contributed by atoms with Crippen molar-refractivity contribution in [3.63, 3.8) is 0 Å². The summed E-state index contributed by atoms with van der Waals surface area (Å²) < 4.78 is 4.89. The van der Waals surface area contributed by atoms with Crippen LogP contribution in [0.2, 0.25) is 10.0 Å². The Labute approximate surface area is 152 Å². The average Bonchev–Trinajstić information content (AvgIpc) is 2.56. The SMILES string of the molecule is CCOC(=O)NC1CCCN(C(=O)CCc2cccc(Cl)c2Cl)C1. The van der Waals surface area contributed by atoms with Gasteiger partial charge in [0.2, 0.25) is 5.91 Å². The van der Waals surface area contributed by atoms with E-state index in [1.165, 1.54) is 0 Å². The van der Waals surface area contributed by atoms with Crippen LogP contribution in [0.1, 0.15) is 31.7 Å². The number of benzene rings is 1. The van der Waals surface area contributed by atoms with Gasteiger partial charge in [-0.3, -0.25) is 4.79 Å². The molecule has 0 aliphatic carbocycles. The highest BCUT2D eigenvalue weighted by Gasteiger charge is 2.25. The number of likely N-dealkylation sites (tertiary alicyclic amines) is 1. The van der Waals surface area contributed by atoms with Gasteiger partial charge in [-0.2, -0.15) is 0 Å². The smallest absolute Gasteiger partial charge is 0.407 e. The Bertz CT molecular complexity index is 595. The van der Waals surface area contributed by atoms with E-state index in [0.717, 1.165) is 18.4 Å². The van der Waals surface area contributed by atoms with E-state index in [2.05, 4.69) is 5.32 Å². The van der Waals surface area contributed by atoms with Crippen LogP contribution in [0.3, 0.4) is 0 Å². The van der Waals surface area contributed by atoms with Crippen molar-refractivity contribution in [1.29, 1.82) is 0 Å². The largest absolute Gasteiger partial charge is 0.450 e. The van der Waals surface area contributed by atoms with Crippen LogP contribution >= 0.6 is 23.2 Å². The summed E-state index contributed by atoms with van der Waals surface area (Å²) in [7, 11) is 0. The number of nitrogens with zero attached hydrogens (tertiary/aromatic N) is 1. The molecule has 1 unspecified atom stereocenters. The van der Waals surface area contributed by atoms with E-state index in [0.29, 0.717) is 42.6 Å². The number of hydrogen-bond acceptors (Lipinski definition) is 3. The summed E-state index contributed by atoms with van der Waals surface area (Å²) in [6.45, 7) is 3.32. The Hall–Kier alpha value is -1.46. The van der Waals surface area contributed by atoms with E-state index in [-0.39, 0.29) is 11.9 Å². The van der Waals surface area contributed by atoms with Gasteiger partial charge in [0.05, 0.1) is 16.7 Å². The van der Waals surface area contributed by atoms with Crippen LogP contribution in [0.15, 0.2) is 18.2 Å². The van der Waals surface area contributed by atoms with Crippen LogP contribution < -0.4 is 5.32 Å².